The molecule has 1 aromatic rings. The van der Waals surface area contributed by atoms with Gasteiger partial charge in [0.2, 0.25) is 0 Å². The average Bonchev–Trinajstić information content (AvgIpc) is 2.89. The fourth-order valence-electron chi connectivity index (χ4n) is 3.01. The zero-order valence-corrected chi connectivity index (χ0v) is 12.3. The Labute approximate surface area is 124 Å². The Kier molecular flexibility index (Phi) is 4.01. The quantitative estimate of drug-likeness (QED) is 0.873. The molecule has 2 N–H and O–H groups in total. The predicted molar refractivity (Wildman–Crippen MR) is 79.3 cm³/mol. The zero-order chi connectivity index (χ0) is 14.8. The second kappa shape index (κ2) is 5.93. The van der Waals surface area contributed by atoms with Crippen molar-refractivity contribution in [2.75, 3.05) is 26.3 Å². The van der Waals surface area contributed by atoms with Crippen molar-refractivity contribution < 1.29 is 14.6 Å². The summed E-state index contributed by atoms with van der Waals surface area (Å²) in [6, 6.07) is 5.95. The molecule has 5 heteroatoms. The second-order valence-electron chi connectivity index (χ2n) is 5.97. The topological polar surface area (TPSA) is 61.8 Å². The first-order valence-electron chi connectivity index (χ1n) is 7.57. The second-order valence-corrected chi connectivity index (χ2v) is 5.97. The van der Waals surface area contributed by atoms with Crippen LogP contribution in [-0.4, -0.2) is 42.3 Å². The van der Waals surface area contributed by atoms with E-state index < -0.39 is 0 Å². The van der Waals surface area contributed by atoms with Gasteiger partial charge in [0.1, 0.15) is 12.4 Å². The number of nitrogens with one attached hydrogen (secondary N) is 1. The van der Waals surface area contributed by atoms with Crippen LogP contribution < -0.4 is 10.1 Å². The first kappa shape index (κ1) is 14.2. The molecule has 1 aromatic carbocycles. The summed E-state index contributed by atoms with van der Waals surface area (Å²) in [4.78, 5) is 14.2. The summed E-state index contributed by atoms with van der Waals surface area (Å²) in [5.41, 5.74) is 2.23. The molecule has 5 nitrogen and oxygen atoms in total. The first-order chi connectivity index (χ1) is 10.2. The number of aryl methyl sites for hydroxylation is 1. The Morgan fingerprint density at radius 3 is 2.90 bits per heavy atom. The fourth-order valence-corrected chi connectivity index (χ4v) is 3.01. The van der Waals surface area contributed by atoms with Gasteiger partial charge in [-0.25, -0.2) is 4.79 Å². The van der Waals surface area contributed by atoms with Gasteiger partial charge in [-0.3, -0.25) is 0 Å². The number of benzene rings is 1. The van der Waals surface area contributed by atoms with Gasteiger partial charge in [-0.15, -0.1) is 0 Å². The van der Waals surface area contributed by atoms with Crippen LogP contribution in [0.4, 0.5) is 4.79 Å². The van der Waals surface area contributed by atoms with Gasteiger partial charge in [0, 0.05) is 25.3 Å². The number of hydrogen-bond acceptors (Lipinski definition) is 3. The number of aliphatic hydroxyl groups is 1. The first-order valence-corrected chi connectivity index (χ1v) is 7.57. The lowest BCUT2D eigenvalue weighted by molar-refractivity contribution is 0.134. The van der Waals surface area contributed by atoms with Gasteiger partial charge in [-0.1, -0.05) is 17.7 Å². The van der Waals surface area contributed by atoms with Crippen LogP contribution in [0.1, 0.15) is 30.0 Å². The molecule has 0 bridgehead atoms. The van der Waals surface area contributed by atoms with Crippen LogP contribution in [0.5, 0.6) is 5.75 Å². The van der Waals surface area contributed by atoms with Gasteiger partial charge in [0.05, 0.1) is 6.04 Å². The number of fused-ring (bicyclic) bond motifs is 1. The van der Waals surface area contributed by atoms with Gasteiger partial charge >= 0.3 is 6.03 Å². The Morgan fingerprint density at radius 2 is 2.19 bits per heavy atom. The van der Waals surface area contributed by atoms with E-state index in [1.54, 1.807) is 0 Å². The number of ether oxygens (including phenoxy) is 1. The molecular weight excluding hydrogens is 268 g/mol. The molecule has 2 aliphatic heterocycles. The number of rotatable bonds is 2. The molecule has 2 amide bonds. The molecule has 0 saturated carbocycles. The maximum absolute atomic E-state index is 12.3. The highest BCUT2D eigenvalue weighted by atomic mass is 16.5. The van der Waals surface area contributed by atoms with Crippen LogP contribution in [0, 0.1) is 12.8 Å². The van der Waals surface area contributed by atoms with Crippen LogP contribution in [0.25, 0.3) is 0 Å². The van der Waals surface area contributed by atoms with E-state index in [1.165, 1.54) is 5.56 Å². The molecule has 1 unspecified atom stereocenters. The lowest BCUT2D eigenvalue weighted by Gasteiger charge is -2.31. The summed E-state index contributed by atoms with van der Waals surface area (Å²) in [5, 5.41) is 12.2. The third kappa shape index (κ3) is 2.97. The van der Waals surface area contributed by atoms with Crippen molar-refractivity contribution in [3.63, 3.8) is 0 Å². The van der Waals surface area contributed by atoms with E-state index in [1.807, 2.05) is 24.0 Å². The van der Waals surface area contributed by atoms with Crippen LogP contribution in [-0.2, 0) is 0 Å². The van der Waals surface area contributed by atoms with Crippen LogP contribution in [0.2, 0.25) is 0 Å². The Balaban J connectivity index is 1.61. The summed E-state index contributed by atoms with van der Waals surface area (Å²) in [6.07, 6.45) is 1.75. The lowest BCUT2D eigenvalue weighted by Crippen LogP contribution is -2.46. The minimum atomic E-state index is -0.0667. The van der Waals surface area contributed by atoms with Crippen molar-refractivity contribution in [3.05, 3.63) is 29.3 Å². The Bertz CT molecular complexity index is 524. The zero-order valence-electron chi connectivity index (χ0n) is 12.3. The van der Waals surface area contributed by atoms with E-state index >= 15 is 0 Å². The van der Waals surface area contributed by atoms with Crippen LogP contribution in [0.3, 0.4) is 0 Å². The van der Waals surface area contributed by atoms with Gasteiger partial charge in [0.15, 0.2) is 0 Å². The van der Waals surface area contributed by atoms with E-state index in [9.17, 15) is 4.79 Å². The van der Waals surface area contributed by atoms with E-state index in [2.05, 4.69) is 11.4 Å². The number of aliphatic hydroxyl groups excluding tert-OH is 1. The molecule has 2 aliphatic rings. The highest BCUT2D eigenvalue weighted by molar-refractivity contribution is 5.75. The number of likely N-dealkylation sites (tertiary alicyclic amines) is 1. The molecule has 114 valence electrons. The molecule has 0 spiro atoms. The predicted octanol–water partition coefficient (Wildman–Crippen LogP) is 1.84. The van der Waals surface area contributed by atoms with Crippen molar-refractivity contribution in [1.29, 1.82) is 0 Å². The smallest absolute Gasteiger partial charge is 0.318 e. The average molecular weight is 290 g/mol. The minimum Gasteiger partial charge on any atom is -0.491 e. The van der Waals surface area contributed by atoms with Crippen LogP contribution in [0.15, 0.2) is 18.2 Å². The number of amides is 2. The Hall–Kier alpha value is -1.75. The highest BCUT2D eigenvalue weighted by Crippen LogP contribution is 2.33. The summed E-state index contributed by atoms with van der Waals surface area (Å²) >= 11 is 0. The van der Waals surface area contributed by atoms with Crippen molar-refractivity contribution in [2.24, 2.45) is 5.92 Å². The number of carbonyl (C=O) groups excluding carboxylic acids is 1. The molecule has 0 aromatic heterocycles. The van der Waals surface area contributed by atoms with Crippen molar-refractivity contribution >= 4 is 6.03 Å². The number of nitrogens with zero attached hydrogens (tertiary/aromatic N) is 1. The van der Waals surface area contributed by atoms with E-state index in [4.69, 9.17) is 9.84 Å². The standard InChI is InChI=1S/C16H22N2O3/c1-11-2-3-15-13(8-11)14(10-21-15)17-16(20)18-6-4-12(9-19)5-7-18/h2-3,8,12,14,19H,4-7,9-10H2,1H3,(H,17,20). The number of urea groups is 1. The molecule has 21 heavy (non-hydrogen) atoms. The van der Waals surface area contributed by atoms with Crippen LogP contribution >= 0.6 is 0 Å². The van der Waals surface area contributed by atoms with Crippen molar-refractivity contribution in [2.45, 2.75) is 25.8 Å². The molecule has 0 radical (unpaired) electrons. The maximum Gasteiger partial charge on any atom is 0.318 e. The third-order valence-corrected chi connectivity index (χ3v) is 4.40. The fraction of sp³-hybridized carbons (Fsp3) is 0.562. The molecule has 2 heterocycles. The molecule has 1 atom stereocenters. The maximum atomic E-state index is 12.3. The van der Waals surface area contributed by atoms with Crippen molar-refractivity contribution in [1.82, 2.24) is 10.2 Å². The minimum absolute atomic E-state index is 0.0330. The summed E-state index contributed by atoms with van der Waals surface area (Å²) in [6.45, 7) is 4.18. The molecule has 3 rings (SSSR count). The van der Waals surface area contributed by atoms with Crippen molar-refractivity contribution in [3.8, 4) is 5.75 Å². The van der Waals surface area contributed by atoms with Gasteiger partial charge in [-0.05, 0) is 31.7 Å². The Morgan fingerprint density at radius 1 is 1.43 bits per heavy atom. The largest absolute Gasteiger partial charge is 0.491 e. The number of piperidine rings is 1. The number of hydrogen-bond donors (Lipinski definition) is 2. The monoisotopic (exact) mass is 290 g/mol. The third-order valence-electron chi connectivity index (χ3n) is 4.40. The summed E-state index contributed by atoms with van der Waals surface area (Å²) < 4.78 is 5.62. The van der Waals surface area contributed by atoms with Gasteiger partial charge in [-0.2, -0.15) is 0 Å². The van der Waals surface area contributed by atoms with E-state index in [0.717, 1.165) is 24.2 Å². The lowest BCUT2D eigenvalue weighted by atomic mass is 9.98. The molecule has 1 saturated heterocycles. The van der Waals surface area contributed by atoms with Gasteiger partial charge < -0.3 is 20.1 Å². The highest BCUT2D eigenvalue weighted by Gasteiger charge is 2.29. The number of carbonyl (C=O) groups is 1. The summed E-state index contributed by atoms with van der Waals surface area (Å²) in [5.74, 6) is 1.21. The molecule has 0 aliphatic carbocycles. The summed E-state index contributed by atoms with van der Waals surface area (Å²) in [7, 11) is 0. The normalized spacial score (nSPS) is 21.8. The van der Waals surface area contributed by atoms with Gasteiger partial charge in [0.25, 0.3) is 0 Å². The molecule has 1 fully saturated rings. The molecular formula is C16H22N2O3. The van der Waals surface area contributed by atoms with E-state index in [-0.39, 0.29) is 18.7 Å². The van der Waals surface area contributed by atoms with E-state index in [0.29, 0.717) is 25.6 Å². The SMILES string of the molecule is Cc1ccc2c(c1)C(NC(=O)N1CCC(CO)CC1)CO2.